The van der Waals surface area contributed by atoms with Gasteiger partial charge in [0.2, 0.25) is 11.8 Å². The van der Waals surface area contributed by atoms with Crippen molar-refractivity contribution >= 4 is 22.7 Å². The van der Waals surface area contributed by atoms with Crippen LogP contribution in [0.2, 0.25) is 0 Å². The van der Waals surface area contributed by atoms with Crippen molar-refractivity contribution in [2.45, 2.75) is 37.8 Å². The molecule has 0 saturated carbocycles. The number of nitrogens with zero attached hydrogens (tertiary/aromatic N) is 3. The SMILES string of the molecule is O=C1[C@@H]2Cc3c([nH]c4ccccc34)[C@@H](CCc3ccccc3)N2C(=O)CN1CCCN1CCOCC1. The molecule has 3 aromatic rings. The molecule has 4 heterocycles. The number of nitrogens with one attached hydrogen (secondary N) is 1. The maximum absolute atomic E-state index is 13.8. The number of benzene rings is 2. The molecule has 2 amide bonds. The molecule has 0 aliphatic carbocycles. The van der Waals surface area contributed by atoms with Gasteiger partial charge in [-0.05, 0) is 36.5 Å². The van der Waals surface area contributed by atoms with Gasteiger partial charge in [-0.1, -0.05) is 48.5 Å². The van der Waals surface area contributed by atoms with E-state index in [-0.39, 0.29) is 24.4 Å². The van der Waals surface area contributed by atoms with Crippen LogP contribution in [0.1, 0.15) is 35.7 Å². The van der Waals surface area contributed by atoms with Crippen LogP contribution in [0, 0.1) is 0 Å². The molecule has 1 N–H and O–H groups in total. The molecule has 7 nitrogen and oxygen atoms in total. The largest absolute Gasteiger partial charge is 0.379 e. The Bertz CT molecular complexity index is 1230. The fourth-order valence-electron chi connectivity index (χ4n) is 6.19. The molecule has 3 aliphatic rings. The first kappa shape index (κ1) is 23.3. The predicted molar refractivity (Wildman–Crippen MR) is 139 cm³/mol. The number of hydrogen-bond acceptors (Lipinski definition) is 4. The van der Waals surface area contributed by atoms with E-state index in [0.29, 0.717) is 13.0 Å². The number of piperazine rings is 1. The molecule has 0 unspecified atom stereocenters. The minimum atomic E-state index is -0.429. The summed E-state index contributed by atoms with van der Waals surface area (Å²) in [5.74, 6) is 0.158. The zero-order valence-corrected chi connectivity index (χ0v) is 20.7. The fraction of sp³-hybridized carbons (Fsp3) is 0.448. The standard InChI is InChI=1S/C29H34N4O3/c34-27-20-32(14-6-13-31-15-17-36-18-16-31)29(35)26-19-23-22-9-4-5-10-24(22)30-28(23)25(33(26)27)12-11-21-7-2-1-3-8-21/h1-5,7-10,25-26,30H,6,11-20H2/t25-,26+/m1/s1. The highest BCUT2D eigenvalue weighted by molar-refractivity contribution is 5.97. The maximum atomic E-state index is 13.8. The second-order valence-electron chi connectivity index (χ2n) is 10.2. The summed E-state index contributed by atoms with van der Waals surface area (Å²) in [7, 11) is 0. The third-order valence-electron chi connectivity index (χ3n) is 8.02. The number of aromatic nitrogens is 1. The number of ether oxygens (including phenoxy) is 1. The van der Waals surface area contributed by atoms with Gasteiger partial charge in [-0.2, -0.15) is 0 Å². The van der Waals surface area contributed by atoms with Crippen LogP contribution in [-0.2, 0) is 27.2 Å². The van der Waals surface area contributed by atoms with Crippen LogP contribution in [0.25, 0.3) is 10.9 Å². The lowest BCUT2D eigenvalue weighted by molar-refractivity contribution is -0.160. The average Bonchev–Trinajstić information content (AvgIpc) is 3.29. The van der Waals surface area contributed by atoms with Gasteiger partial charge in [0.25, 0.3) is 0 Å². The minimum absolute atomic E-state index is 0.0633. The van der Waals surface area contributed by atoms with Gasteiger partial charge >= 0.3 is 0 Å². The van der Waals surface area contributed by atoms with Crippen molar-refractivity contribution < 1.29 is 14.3 Å². The van der Waals surface area contributed by atoms with E-state index in [1.165, 1.54) is 16.5 Å². The molecule has 2 aromatic carbocycles. The molecular weight excluding hydrogens is 452 g/mol. The van der Waals surface area contributed by atoms with Gasteiger partial charge in [0.1, 0.15) is 6.04 Å². The van der Waals surface area contributed by atoms with Crippen LogP contribution in [0.5, 0.6) is 0 Å². The Kier molecular flexibility index (Phi) is 6.50. The monoisotopic (exact) mass is 486 g/mol. The molecule has 3 aliphatic heterocycles. The summed E-state index contributed by atoms with van der Waals surface area (Å²) in [6.07, 6.45) is 3.10. The number of carbonyl (C=O) groups is 2. The molecule has 2 atom stereocenters. The summed E-state index contributed by atoms with van der Waals surface area (Å²) in [6.45, 7) is 5.16. The summed E-state index contributed by atoms with van der Waals surface area (Å²) in [4.78, 5) is 37.1. The first-order valence-corrected chi connectivity index (χ1v) is 13.2. The minimum Gasteiger partial charge on any atom is -0.379 e. The van der Waals surface area contributed by atoms with E-state index in [4.69, 9.17) is 4.74 Å². The number of H-pyrrole nitrogens is 1. The topological polar surface area (TPSA) is 68.9 Å². The molecule has 2 fully saturated rings. The average molecular weight is 487 g/mol. The number of morpholine rings is 1. The van der Waals surface area contributed by atoms with Crippen molar-refractivity contribution in [1.82, 2.24) is 19.7 Å². The third kappa shape index (κ3) is 4.42. The van der Waals surface area contributed by atoms with Gasteiger partial charge in [0, 0.05) is 49.2 Å². The Hall–Kier alpha value is -3.16. The number of rotatable bonds is 7. The van der Waals surface area contributed by atoms with Crippen molar-refractivity contribution in [3.8, 4) is 0 Å². The Balaban J connectivity index is 1.25. The Labute approximate surface area is 212 Å². The zero-order valence-electron chi connectivity index (χ0n) is 20.7. The van der Waals surface area contributed by atoms with Gasteiger partial charge in [-0.15, -0.1) is 0 Å². The molecule has 7 heteroatoms. The highest BCUT2D eigenvalue weighted by Crippen LogP contribution is 2.41. The summed E-state index contributed by atoms with van der Waals surface area (Å²) < 4.78 is 5.44. The van der Waals surface area contributed by atoms with Crippen molar-refractivity contribution in [3.05, 3.63) is 71.4 Å². The van der Waals surface area contributed by atoms with E-state index in [0.717, 1.165) is 63.3 Å². The second kappa shape index (κ2) is 10.1. The highest BCUT2D eigenvalue weighted by Gasteiger charge is 2.47. The molecule has 6 rings (SSSR count). The number of carbonyl (C=O) groups excluding carboxylic acids is 2. The van der Waals surface area contributed by atoms with E-state index < -0.39 is 6.04 Å². The number of fused-ring (bicyclic) bond motifs is 4. The molecule has 0 bridgehead atoms. The van der Waals surface area contributed by atoms with Crippen LogP contribution in [0.3, 0.4) is 0 Å². The van der Waals surface area contributed by atoms with Gasteiger partial charge in [-0.25, -0.2) is 0 Å². The molecular formula is C29H34N4O3. The molecule has 0 radical (unpaired) electrons. The lowest BCUT2D eigenvalue weighted by Crippen LogP contribution is -2.63. The number of amides is 2. The predicted octanol–water partition coefficient (Wildman–Crippen LogP) is 3.16. The summed E-state index contributed by atoms with van der Waals surface area (Å²) in [6, 6.07) is 18.1. The highest BCUT2D eigenvalue weighted by atomic mass is 16.5. The van der Waals surface area contributed by atoms with E-state index in [9.17, 15) is 9.59 Å². The third-order valence-corrected chi connectivity index (χ3v) is 8.02. The summed E-state index contributed by atoms with van der Waals surface area (Å²) in [5.41, 5.74) is 4.62. The van der Waals surface area contributed by atoms with Crippen LogP contribution in [0.15, 0.2) is 54.6 Å². The van der Waals surface area contributed by atoms with E-state index in [1.54, 1.807) is 4.90 Å². The van der Waals surface area contributed by atoms with Gasteiger partial charge < -0.3 is 19.5 Å². The van der Waals surface area contributed by atoms with Crippen molar-refractivity contribution in [2.24, 2.45) is 0 Å². The van der Waals surface area contributed by atoms with E-state index in [2.05, 4.69) is 46.3 Å². The van der Waals surface area contributed by atoms with Crippen LogP contribution in [-0.4, -0.2) is 83.5 Å². The lowest BCUT2D eigenvalue weighted by atomic mass is 9.86. The number of aromatic amines is 1. The van der Waals surface area contributed by atoms with Crippen LogP contribution < -0.4 is 0 Å². The molecule has 2 saturated heterocycles. The number of para-hydroxylation sites is 1. The van der Waals surface area contributed by atoms with E-state index in [1.807, 2.05) is 23.1 Å². The van der Waals surface area contributed by atoms with Gasteiger partial charge in [0.05, 0.1) is 25.8 Å². The molecule has 188 valence electrons. The van der Waals surface area contributed by atoms with Crippen LogP contribution in [0.4, 0.5) is 0 Å². The molecule has 36 heavy (non-hydrogen) atoms. The van der Waals surface area contributed by atoms with Gasteiger partial charge in [-0.3, -0.25) is 14.5 Å². The number of aryl methyl sites for hydroxylation is 1. The Morgan fingerprint density at radius 2 is 1.72 bits per heavy atom. The normalized spacial score (nSPS) is 22.7. The van der Waals surface area contributed by atoms with Gasteiger partial charge in [0.15, 0.2) is 0 Å². The van der Waals surface area contributed by atoms with E-state index >= 15 is 0 Å². The van der Waals surface area contributed by atoms with Crippen molar-refractivity contribution in [2.75, 3.05) is 45.9 Å². The second-order valence-corrected chi connectivity index (χ2v) is 10.2. The summed E-state index contributed by atoms with van der Waals surface area (Å²) in [5, 5.41) is 1.17. The molecule has 0 spiro atoms. The summed E-state index contributed by atoms with van der Waals surface area (Å²) >= 11 is 0. The number of hydrogen-bond donors (Lipinski definition) is 1. The lowest BCUT2D eigenvalue weighted by Gasteiger charge is -2.47. The van der Waals surface area contributed by atoms with Crippen molar-refractivity contribution in [3.63, 3.8) is 0 Å². The first-order chi connectivity index (χ1) is 17.7. The quantitative estimate of drug-likeness (QED) is 0.557. The smallest absolute Gasteiger partial charge is 0.246 e. The zero-order chi connectivity index (χ0) is 24.5. The first-order valence-electron chi connectivity index (χ1n) is 13.2. The Morgan fingerprint density at radius 3 is 2.56 bits per heavy atom. The fourth-order valence-corrected chi connectivity index (χ4v) is 6.19. The van der Waals surface area contributed by atoms with Crippen LogP contribution >= 0.6 is 0 Å². The maximum Gasteiger partial charge on any atom is 0.246 e. The van der Waals surface area contributed by atoms with Crippen molar-refractivity contribution in [1.29, 1.82) is 0 Å². The molecule has 1 aromatic heterocycles. The Morgan fingerprint density at radius 1 is 0.944 bits per heavy atom.